The molecule has 0 bridgehead atoms. The molecule has 0 radical (unpaired) electrons. The molecule has 4 nitrogen and oxygen atoms in total. The minimum atomic E-state index is -0.325. The van der Waals surface area contributed by atoms with E-state index in [2.05, 4.69) is 5.32 Å². The summed E-state index contributed by atoms with van der Waals surface area (Å²) in [6, 6.07) is 12.4. The van der Waals surface area contributed by atoms with Crippen LogP contribution in [-0.4, -0.2) is 24.3 Å². The number of fused-ring (bicyclic) bond motifs is 1. The number of ketones is 1. The molecule has 1 aliphatic heterocycles. The number of halogens is 1. The quantitative estimate of drug-likeness (QED) is 0.577. The van der Waals surface area contributed by atoms with Crippen LogP contribution in [0.5, 0.6) is 5.75 Å². The van der Waals surface area contributed by atoms with Crippen molar-refractivity contribution in [1.29, 1.82) is 0 Å². The van der Waals surface area contributed by atoms with E-state index in [-0.39, 0.29) is 29.5 Å². The zero-order chi connectivity index (χ0) is 20.7. The van der Waals surface area contributed by atoms with E-state index in [1.807, 2.05) is 29.6 Å². The molecule has 1 fully saturated rings. The number of carbonyl (C=O) groups is 2. The second-order valence-corrected chi connectivity index (χ2v) is 8.56. The van der Waals surface area contributed by atoms with Gasteiger partial charge < -0.3 is 10.1 Å². The molecule has 0 unspecified atom stereocenters. The summed E-state index contributed by atoms with van der Waals surface area (Å²) in [5, 5.41) is 6.50. The van der Waals surface area contributed by atoms with E-state index < -0.39 is 0 Å². The smallest absolute Gasteiger partial charge is 0.252 e. The highest BCUT2D eigenvalue weighted by Crippen LogP contribution is 2.40. The Labute approximate surface area is 177 Å². The van der Waals surface area contributed by atoms with Crippen molar-refractivity contribution in [1.82, 2.24) is 5.32 Å². The highest BCUT2D eigenvalue weighted by Gasteiger charge is 2.31. The van der Waals surface area contributed by atoms with Gasteiger partial charge in [0.15, 0.2) is 5.78 Å². The second-order valence-electron chi connectivity index (χ2n) is 7.78. The van der Waals surface area contributed by atoms with E-state index in [9.17, 15) is 14.0 Å². The van der Waals surface area contributed by atoms with E-state index in [1.54, 1.807) is 17.5 Å². The van der Waals surface area contributed by atoms with Gasteiger partial charge in [-0.3, -0.25) is 9.59 Å². The van der Waals surface area contributed by atoms with Gasteiger partial charge in [0.1, 0.15) is 17.7 Å². The van der Waals surface area contributed by atoms with Gasteiger partial charge in [0.05, 0.1) is 6.54 Å². The second kappa shape index (κ2) is 7.69. The Morgan fingerprint density at radius 3 is 2.57 bits per heavy atom. The topological polar surface area (TPSA) is 55.4 Å². The van der Waals surface area contributed by atoms with Gasteiger partial charge in [-0.2, -0.15) is 11.3 Å². The lowest BCUT2D eigenvalue weighted by Gasteiger charge is -2.13. The fourth-order valence-electron chi connectivity index (χ4n) is 3.80. The molecule has 2 aromatic carbocycles. The lowest BCUT2D eigenvalue weighted by Crippen LogP contribution is -2.34. The molecule has 6 heteroatoms. The number of Topliss-reactive ketones (excluding diaryl/α,β-unsaturated/α-hetero) is 1. The van der Waals surface area contributed by atoms with E-state index in [1.165, 1.54) is 17.4 Å². The van der Waals surface area contributed by atoms with E-state index in [4.69, 9.17) is 4.74 Å². The third kappa shape index (κ3) is 3.63. The number of benzene rings is 2. The molecule has 1 aromatic heterocycles. The molecule has 0 spiro atoms. The molecule has 1 aliphatic carbocycles. The van der Waals surface area contributed by atoms with Crippen LogP contribution >= 0.6 is 11.3 Å². The largest absolute Gasteiger partial charge is 0.487 e. The van der Waals surface area contributed by atoms with Crippen molar-refractivity contribution in [2.24, 2.45) is 5.92 Å². The number of hydrogen-bond donors (Lipinski definition) is 1. The zero-order valence-corrected chi connectivity index (χ0v) is 17.0. The van der Waals surface area contributed by atoms with Crippen LogP contribution in [0.4, 0.5) is 4.39 Å². The van der Waals surface area contributed by atoms with Crippen molar-refractivity contribution >= 4 is 23.0 Å². The fraction of sp³-hybridized carbons (Fsp3) is 0.250. The molecule has 1 N–H and O–H groups in total. The van der Waals surface area contributed by atoms with Crippen LogP contribution in [0.3, 0.4) is 0 Å². The minimum Gasteiger partial charge on any atom is -0.487 e. The van der Waals surface area contributed by atoms with Crippen LogP contribution in [0.15, 0.2) is 53.2 Å². The predicted molar refractivity (Wildman–Crippen MR) is 114 cm³/mol. The summed E-state index contributed by atoms with van der Waals surface area (Å²) in [6.45, 7) is 0.303. The zero-order valence-electron chi connectivity index (χ0n) is 16.2. The summed E-state index contributed by atoms with van der Waals surface area (Å²) < 4.78 is 20.5. The molecule has 152 valence electrons. The van der Waals surface area contributed by atoms with Crippen LogP contribution in [0, 0.1) is 11.7 Å². The Kier molecular flexibility index (Phi) is 4.87. The molecule has 1 amide bonds. The Morgan fingerprint density at radius 1 is 1.07 bits per heavy atom. The van der Waals surface area contributed by atoms with Crippen molar-refractivity contribution in [2.45, 2.75) is 25.4 Å². The SMILES string of the molecule is O=C(NC[C@@H]1Cc2c(F)ccc(-c3ccc(C(=O)C4CC4)cc3)c2O1)c1ccsc1. The van der Waals surface area contributed by atoms with Crippen molar-refractivity contribution in [3.63, 3.8) is 0 Å². The first-order chi connectivity index (χ1) is 14.6. The first-order valence-electron chi connectivity index (χ1n) is 10.0. The fourth-order valence-corrected chi connectivity index (χ4v) is 4.44. The normalized spacial score (nSPS) is 17.3. The van der Waals surface area contributed by atoms with Crippen molar-refractivity contribution in [3.05, 3.63) is 75.7 Å². The number of hydrogen-bond acceptors (Lipinski definition) is 4. The molecule has 0 saturated heterocycles. The van der Waals surface area contributed by atoms with Gasteiger partial charge in [-0.15, -0.1) is 0 Å². The van der Waals surface area contributed by atoms with Gasteiger partial charge in [-0.1, -0.05) is 24.3 Å². The molecular weight excluding hydrogens is 401 g/mol. The van der Waals surface area contributed by atoms with Crippen molar-refractivity contribution in [2.75, 3.05) is 6.54 Å². The average molecular weight is 421 g/mol. The van der Waals surface area contributed by atoms with Gasteiger partial charge in [-0.05, 0) is 42.0 Å². The number of amides is 1. The van der Waals surface area contributed by atoms with Crippen LogP contribution < -0.4 is 10.1 Å². The summed E-state index contributed by atoms with van der Waals surface area (Å²) in [7, 11) is 0. The van der Waals surface area contributed by atoms with E-state index in [0.29, 0.717) is 29.8 Å². The van der Waals surface area contributed by atoms with Crippen LogP contribution in [0.2, 0.25) is 0 Å². The molecule has 2 heterocycles. The van der Waals surface area contributed by atoms with Gasteiger partial charge >= 0.3 is 0 Å². The third-order valence-electron chi connectivity index (χ3n) is 5.62. The molecule has 1 atom stereocenters. The average Bonchev–Trinajstić information content (AvgIpc) is 3.28. The first-order valence-corrected chi connectivity index (χ1v) is 11.0. The number of rotatable bonds is 6. The predicted octanol–water partition coefficient (Wildman–Crippen LogP) is 4.88. The first kappa shape index (κ1) is 19.0. The molecule has 5 rings (SSSR count). The lowest BCUT2D eigenvalue weighted by atomic mass is 9.98. The standard InChI is InChI=1S/C24H20FNO3S/c25-21-8-7-19(14-1-3-15(4-2-14)22(27)16-5-6-16)23-20(21)11-18(29-23)12-26-24(28)17-9-10-30-13-17/h1-4,7-10,13,16,18H,5-6,11-12H2,(H,26,28)/t18-/m0/s1. The Balaban J connectivity index is 1.33. The Hall–Kier alpha value is -2.99. The van der Waals surface area contributed by atoms with Crippen LogP contribution in [-0.2, 0) is 6.42 Å². The Morgan fingerprint density at radius 2 is 1.87 bits per heavy atom. The summed E-state index contributed by atoms with van der Waals surface area (Å²) in [5.41, 5.74) is 3.53. The maximum absolute atomic E-state index is 14.4. The van der Waals surface area contributed by atoms with E-state index in [0.717, 1.165) is 29.5 Å². The third-order valence-corrected chi connectivity index (χ3v) is 6.31. The number of nitrogens with one attached hydrogen (secondary N) is 1. The molecule has 2 aliphatic rings. The lowest BCUT2D eigenvalue weighted by molar-refractivity contribution is 0.0932. The molecule has 30 heavy (non-hydrogen) atoms. The maximum atomic E-state index is 14.4. The van der Waals surface area contributed by atoms with Crippen LogP contribution in [0.25, 0.3) is 11.1 Å². The molecular formula is C24H20FNO3S. The van der Waals surface area contributed by atoms with Gasteiger partial charge in [0.25, 0.3) is 5.91 Å². The number of ether oxygens (including phenoxy) is 1. The summed E-state index contributed by atoms with van der Waals surface area (Å²) in [5.74, 6) is 0.433. The van der Waals surface area contributed by atoms with Crippen molar-refractivity contribution < 1.29 is 18.7 Å². The van der Waals surface area contributed by atoms with Gasteiger partial charge in [0, 0.05) is 40.0 Å². The van der Waals surface area contributed by atoms with Crippen LogP contribution in [0.1, 0.15) is 39.1 Å². The maximum Gasteiger partial charge on any atom is 0.252 e. The van der Waals surface area contributed by atoms with E-state index >= 15 is 0 Å². The monoisotopic (exact) mass is 421 g/mol. The summed E-state index contributed by atoms with van der Waals surface area (Å²) in [6.07, 6.45) is 2.03. The highest BCUT2D eigenvalue weighted by atomic mass is 32.1. The summed E-state index contributed by atoms with van der Waals surface area (Å²) in [4.78, 5) is 24.4. The number of carbonyl (C=O) groups excluding carboxylic acids is 2. The van der Waals surface area contributed by atoms with Gasteiger partial charge in [-0.25, -0.2) is 4.39 Å². The highest BCUT2D eigenvalue weighted by molar-refractivity contribution is 7.08. The minimum absolute atomic E-state index is 0.160. The number of thiophene rings is 1. The Bertz CT molecular complexity index is 1100. The van der Waals surface area contributed by atoms with Gasteiger partial charge in [0.2, 0.25) is 0 Å². The summed E-state index contributed by atoms with van der Waals surface area (Å²) >= 11 is 1.46. The molecule has 3 aromatic rings. The molecule has 1 saturated carbocycles. The van der Waals surface area contributed by atoms with Crippen molar-refractivity contribution in [3.8, 4) is 16.9 Å².